The molecule has 1 aliphatic rings. The fourth-order valence-electron chi connectivity index (χ4n) is 2.31. The van der Waals surface area contributed by atoms with E-state index in [4.69, 9.17) is 16.3 Å². The first-order valence-electron chi connectivity index (χ1n) is 6.94. The van der Waals surface area contributed by atoms with E-state index in [0.29, 0.717) is 19.8 Å². The molecule has 0 aromatic heterocycles. The average molecular weight is 325 g/mol. The van der Waals surface area contributed by atoms with Crippen LogP contribution in [-0.2, 0) is 20.9 Å². The molecule has 1 aliphatic heterocycles. The SMILES string of the molecule is CC1CN(CCOCc2ccccc2)C(=O)C(=O)N1C(=O)Cl. The molecule has 2 rings (SSSR count). The van der Waals surface area contributed by atoms with Crippen molar-refractivity contribution in [2.24, 2.45) is 0 Å². The number of hydrogen-bond donors (Lipinski definition) is 0. The molecule has 118 valence electrons. The minimum Gasteiger partial charge on any atom is -0.375 e. The van der Waals surface area contributed by atoms with Gasteiger partial charge in [-0.15, -0.1) is 0 Å². The Kier molecular flexibility index (Phi) is 5.51. The lowest BCUT2D eigenvalue weighted by atomic mass is 10.2. The van der Waals surface area contributed by atoms with E-state index in [1.807, 2.05) is 30.3 Å². The summed E-state index contributed by atoms with van der Waals surface area (Å²) >= 11 is 5.32. The molecule has 1 heterocycles. The second kappa shape index (κ2) is 7.38. The van der Waals surface area contributed by atoms with Gasteiger partial charge in [-0.25, -0.2) is 0 Å². The molecular weight excluding hydrogens is 308 g/mol. The smallest absolute Gasteiger partial charge is 0.323 e. The zero-order valence-corrected chi connectivity index (χ0v) is 13.0. The molecule has 22 heavy (non-hydrogen) atoms. The highest BCUT2D eigenvalue weighted by Gasteiger charge is 2.39. The lowest BCUT2D eigenvalue weighted by Crippen LogP contribution is -2.59. The molecule has 1 saturated heterocycles. The topological polar surface area (TPSA) is 66.9 Å². The van der Waals surface area contributed by atoms with Crippen LogP contribution in [0, 0.1) is 0 Å². The Labute approximate surface area is 133 Å². The number of amides is 3. The number of piperazine rings is 1. The normalized spacial score (nSPS) is 18.7. The highest BCUT2D eigenvalue weighted by molar-refractivity contribution is 6.65. The third kappa shape index (κ3) is 3.84. The second-order valence-corrected chi connectivity index (χ2v) is 5.39. The summed E-state index contributed by atoms with van der Waals surface area (Å²) in [5.74, 6) is -1.61. The Morgan fingerprint density at radius 1 is 1.27 bits per heavy atom. The van der Waals surface area contributed by atoms with Crippen LogP contribution < -0.4 is 0 Å². The predicted molar refractivity (Wildman–Crippen MR) is 80.2 cm³/mol. The summed E-state index contributed by atoms with van der Waals surface area (Å²) in [6.45, 7) is 2.99. The quantitative estimate of drug-likeness (QED) is 0.357. The molecule has 1 atom stereocenters. The van der Waals surface area contributed by atoms with Gasteiger partial charge in [0.25, 0.3) is 0 Å². The molecule has 0 spiro atoms. The van der Waals surface area contributed by atoms with Crippen molar-refractivity contribution in [2.45, 2.75) is 19.6 Å². The van der Waals surface area contributed by atoms with Gasteiger partial charge < -0.3 is 9.64 Å². The van der Waals surface area contributed by atoms with Crippen LogP contribution in [0.25, 0.3) is 0 Å². The lowest BCUT2D eigenvalue weighted by molar-refractivity contribution is -0.156. The van der Waals surface area contributed by atoms with Gasteiger partial charge in [0.2, 0.25) is 0 Å². The first-order chi connectivity index (χ1) is 10.5. The van der Waals surface area contributed by atoms with Gasteiger partial charge in [-0.3, -0.25) is 19.3 Å². The van der Waals surface area contributed by atoms with E-state index in [1.165, 1.54) is 4.90 Å². The number of nitrogens with zero attached hydrogens (tertiary/aromatic N) is 2. The third-order valence-electron chi connectivity index (χ3n) is 3.42. The predicted octanol–water partition coefficient (Wildman–Crippen LogP) is 1.62. The van der Waals surface area contributed by atoms with Crippen LogP contribution >= 0.6 is 11.6 Å². The lowest BCUT2D eigenvalue weighted by Gasteiger charge is -2.36. The van der Waals surface area contributed by atoms with Crippen molar-refractivity contribution >= 4 is 28.8 Å². The average Bonchev–Trinajstić information content (AvgIpc) is 2.49. The van der Waals surface area contributed by atoms with Gasteiger partial charge in [-0.05, 0) is 24.1 Å². The number of hydrogen-bond acceptors (Lipinski definition) is 4. The summed E-state index contributed by atoms with van der Waals surface area (Å²) in [6.07, 6.45) is 0. The molecule has 1 fully saturated rings. The number of imide groups is 1. The number of benzene rings is 1. The second-order valence-electron chi connectivity index (χ2n) is 5.07. The molecule has 0 saturated carbocycles. The van der Waals surface area contributed by atoms with E-state index >= 15 is 0 Å². The van der Waals surface area contributed by atoms with Gasteiger partial charge in [-0.2, -0.15) is 0 Å². The zero-order valence-electron chi connectivity index (χ0n) is 12.2. The van der Waals surface area contributed by atoms with Crippen LogP contribution in [0.5, 0.6) is 0 Å². The van der Waals surface area contributed by atoms with Crippen LogP contribution in [0.4, 0.5) is 4.79 Å². The zero-order chi connectivity index (χ0) is 16.1. The summed E-state index contributed by atoms with van der Waals surface area (Å²) in [5, 5.41) is -0.925. The first-order valence-corrected chi connectivity index (χ1v) is 7.32. The molecule has 0 bridgehead atoms. The van der Waals surface area contributed by atoms with Crippen molar-refractivity contribution in [3.8, 4) is 0 Å². The van der Waals surface area contributed by atoms with Crippen molar-refractivity contribution < 1.29 is 19.1 Å². The Morgan fingerprint density at radius 2 is 1.95 bits per heavy atom. The van der Waals surface area contributed by atoms with E-state index in [2.05, 4.69) is 0 Å². The van der Waals surface area contributed by atoms with E-state index < -0.39 is 23.2 Å². The van der Waals surface area contributed by atoms with E-state index in [9.17, 15) is 14.4 Å². The summed E-state index contributed by atoms with van der Waals surface area (Å²) < 4.78 is 5.50. The molecule has 3 amide bonds. The summed E-state index contributed by atoms with van der Waals surface area (Å²) in [6, 6.07) is 9.22. The maximum Gasteiger partial charge on any atom is 0.323 e. The van der Waals surface area contributed by atoms with E-state index in [0.717, 1.165) is 10.5 Å². The van der Waals surface area contributed by atoms with Crippen LogP contribution in [0.1, 0.15) is 12.5 Å². The van der Waals surface area contributed by atoms with Crippen molar-refractivity contribution in [3.63, 3.8) is 0 Å². The number of carbonyl (C=O) groups is 3. The number of carbonyl (C=O) groups excluding carboxylic acids is 3. The van der Waals surface area contributed by atoms with E-state index in [-0.39, 0.29) is 6.54 Å². The summed E-state index contributed by atoms with van der Waals surface area (Å²) in [7, 11) is 0. The van der Waals surface area contributed by atoms with Crippen molar-refractivity contribution in [3.05, 3.63) is 35.9 Å². The maximum absolute atomic E-state index is 11.9. The minimum absolute atomic E-state index is 0.262. The minimum atomic E-state index is -0.925. The fraction of sp³-hybridized carbons (Fsp3) is 0.400. The van der Waals surface area contributed by atoms with Crippen LogP contribution in [0.15, 0.2) is 30.3 Å². The molecule has 1 aromatic carbocycles. The van der Waals surface area contributed by atoms with Crippen molar-refractivity contribution in [1.29, 1.82) is 0 Å². The number of halogens is 1. The molecule has 6 nitrogen and oxygen atoms in total. The van der Waals surface area contributed by atoms with Crippen molar-refractivity contribution in [1.82, 2.24) is 9.80 Å². The molecule has 0 radical (unpaired) electrons. The van der Waals surface area contributed by atoms with Crippen LogP contribution in [0.3, 0.4) is 0 Å². The Morgan fingerprint density at radius 3 is 2.59 bits per heavy atom. The Bertz CT molecular complexity index is 564. The monoisotopic (exact) mass is 324 g/mol. The standard InChI is InChI=1S/C15H17ClN2O4/c1-11-9-17(13(19)14(20)18(11)15(16)21)7-8-22-10-12-5-3-2-4-6-12/h2-6,11H,7-10H2,1H3. The van der Waals surface area contributed by atoms with Gasteiger partial charge in [0.05, 0.1) is 19.3 Å². The summed E-state index contributed by atoms with van der Waals surface area (Å²) in [4.78, 5) is 37.1. The first kappa shape index (κ1) is 16.5. The third-order valence-corrected chi connectivity index (χ3v) is 3.60. The van der Waals surface area contributed by atoms with Gasteiger partial charge in [0.1, 0.15) is 0 Å². The van der Waals surface area contributed by atoms with Gasteiger partial charge in [0, 0.05) is 13.1 Å². The highest BCUT2D eigenvalue weighted by atomic mass is 35.5. The molecule has 1 unspecified atom stereocenters. The Hall–Kier alpha value is -1.92. The van der Waals surface area contributed by atoms with Gasteiger partial charge in [-0.1, -0.05) is 30.3 Å². The van der Waals surface area contributed by atoms with Gasteiger partial charge in [0.15, 0.2) is 0 Å². The largest absolute Gasteiger partial charge is 0.375 e. The molecular formula is C15H17ClN2O4. The van der Waals surface area contributed by atoms with Crippen LogP contribution in [-0.4, -0.2) is 52.7 Å². The number of rotatable bonds is 5. The summed E-state index contributed by atoms with van der Waals surface area (Å²) in [5.41, 5.74) is 1.04. The van der Waals surface area contributed by atoms with E-state index in [1.54, 1.807) is 6.92 Å². The Balaban J connectivity index is 1.82. The molecule has 0 N–H and O–H groups in total. The van der Waals surface area contributed by atoms with Crippen molar-refractivity contribution in [2.75, 3.05) is 19.7 Å². The molecule has 1 aromatic rings. The fourth-order valence-corrected chi connectivity index (χ4v) is 2.55. The highest BCUT2D eigenvalue weighted by Crippen LogP contribution is 2.14. The van der Waals surface area contributed by atoms with Crippen LogP contribution in [0.2, 0.25) is 0 Å². The maximum atomic E-state index is 11.9. The molecule has 0 aliphatic carbocycles. The number of ether oxygens (including phenoxy) is 1. The van der Waals surface area contributed by atoms with Gasteiger partial charge >= 0.3 is 17.2 Å². The molecule has 7 heteroatoms.